The molecule has 1 amide bonds. The number of nitrogens with one attached hydrogen (secondary N) is 3. The molecule has 0 spiro atoms. The molecular formula is C17H15BrN6O3S. The molecule has 2 heterocycles. The molecule has 28 heavy (non-hydrogen) atoms. The fourth-order valence-electron chi connectivity index (χ4n) is 2.32. The van der Waals surface area contributed by atoms with E-state index in [1.54, 1.807) is 35.6 Å². The van der Waals surface area contributed by atoms with Crippen LogP contribution in [0.1, 0.15) is 15.2 Å². The Morgan fingerprint density at radius 2 is 1.93 bits per heavy atom. The second-order valence-corrected chi connectivity index (χ2v) is 7.47. The van der Waals surface area contributed by atoms with Crippen LogP contribution in [0.3, 0.4) is 0 Å². The maximum Gasteiger partial charge on any atom is 0.354 e. The Hall–Kier alpha value is -3.05. The number of aromatic nitrogens is 2. The molecule has 2 aromatic heterocycles. The van der Waals surface area contributed by atoms with E-state index in [1.807, 2.05) is 17.5 Å². The number of carbonyl (C=O) groups excluding carboxylic acids is 1. The molecule has 11 heteroatoms. The molecule has 3 aromatic rings. The van der Waals surface area contributed by atoms with Gasteiger partial charge in [0.2, 0.25) is 11.6 Å². The van der Waals surface area contributed by atoms with Gasteiger partial charge in [0.05, 0.1) is 4.92 Å². The van der Waals surface area contributed by atoms with E-state index < -0.39 is 10.8 Å². The van der Waals surface area contributed by atoms with E-state index in [1.165, 1.54) is 6.33 Å². The lowest BCUT2D eigenvalue weighted by molar-refractivity contribution is -0.383. The minimum absolute atomic E-state index is 0.0805. The normalized spacial score (nSPS) is 10.3. The van der Waals surface area contributed by atoms with Crippen molar-refractivity contribution in [2.24, 2.45) is 0 Å². The number of hydrogen-bond acceptors (Lipinski definition) is 8. The maximum absolute atomic E-state index is 12.2. The average molecular weight is 463 g/mol. The van der Waals surface area contributed by atoms with Crippen molar-refractivity contribution < 1.29 is 9.72 Å². The summed E-state index contributed by atoms with van der Waals surface area (Å²) in [7, 11) is 0. The Morgan fingerprint density at radius 1 is 1.18 bits per heavy atom. The quantitative estimate of drug-likeness (QED) is 0.345. The first-order valence-electron chi connectivity index (χ1n) is 8.12. The van der Waals surface area contributed by atoms with E-state index in [9.17, 15) is 14.9 Å². The van der Waals surface area contributed by atoms with Crippen LogP contribution in [0.5, 0.6) is 0 Å². The van der Waals surface area contributed by atoms with Crippen LogP contribution in [-0.4, -0.2) is 27.3 Å². The molecule has 0 radical (unpaired) electrons. The van der Waals surface area contributed by atoms with Crippen molar-refractivity contribution in [1.29, 1.82) is 0 Å². The molecule has 144 valence electrons. The predicted octanol–water partition coefficient (Wildman–Crippen LogP) is 3.62. The van der Waals surface area contributed by atoms with E-state index in [4.69, 9.17) is 0 Å². The first-order valence-corrected chi connectivity index (χ1v) is 9.79. The molecule has 0 aliphatic rings. The number of thiophene rings is 1. The Labute approximate surface area is 172 Å². The smallest absolute Gasteiger partial charge is 0.354 e. The summed E-state index contributed by atoms with van der Waals surface area (Å²) in [6, 6.07) is 10.6. The number of rotatable bonds is 8. The third kappa shape index (κ3) is 5.02. The first-order chi connectivity index (χ1) is 13.5. The lowest BCUT2D eigenvalue weighted by atomic mass is 10.2. The Kier molecular flexibility index (Phi) is 6.50. The van der Waals surface area contributed by atoms with Crippen molar-refractivity contribution in [3.63, 3.8) is 0 Å². The van der Waals surface area contributed by atoms with Gasteiger partial charge in [0.25, 0.3) is 5.91 Å². The van der Waals surface area contributed by atoms with Gasteiger partial charge in [0, 0.05) is 21.5 Å². The van der Waals surface area contributed by atoms with E-state index in [-0.39, 0.29) is 17.3 Å². The van der Waals surface area contributed by atoms with Gasteiger partial charge < -0.3 is 5.32 Å². The summed E-state index contributed by atoms with van der Waals surface area (Å²) in [5, 5.41) is 16.4. The van der Waals surface area contributed by atoms with Crippen LogP contribution < -0.4 is 16.2 Å². The van der Waals surface area contributed by atoms with E-state index in [0.29, 0.717) is 18.5 Å². The van der Waals surface area contributed by atoms with Crippen LogP contribution in [0.15, 0.2) is 52.6 Å². The number of nitro groups is 1. The van der Waals surface area contributed by atoms with Crippen molar-refractivity contribution in [2.45, 2.75) is 6.42 Å². The molecule has 1 aromatic carbocycles. The zero-order valence-corrected chi connectivity index (χ0v) is 16.8. The lowest BCUT2D eigenvalue weighted by Gasteiger charge is -2.11. The summed E-state index contributed by atoms with van der Waals surface area (Å²) in [6.07, 6.45) is 1.90. The van der Waals surface area contributed by atoms with Gasteiger partial charge in [-0.15, -0.1) is 11.3 Å². The Morgan fingerprint density at radius 3 is 2.61 bits per heavy atom. The van der Waals surface area contributed by atoms with E-state index >= 15 is 0 Å². The van der Waals surface area contributed by atoms with Crippen molar-refractivity contribution in [1.82, 2.24) is 15.4 Å². The minimum atomic E-state index is -0.596. The molecule has 0 bridgehead atoms. The molecule has 3 rings (SSSR count). The molecule has 0 aliphatic carbocycles. The zero-order chi connectivity index (χ0) is 19.9. The van der Waals surface area contributed by atoms with Crippen LogP contribution in [0.25, 0.3) is 0 Å². The highest BCUT2D eigenvalue weighted by atomic mass is 79.9. The maximum atomic E-state index is 12.2. The number of carbonyl (C=O) groups is 1. The molecule has 9 nitrogen and oxygen atoms in total. The summed E-state index contributed by atoms with van der Waals surface area (Å²) in [4.78, 5) is 32.1. The van der Waals surface area contributed by atoms with Gasteiger partial charge in [-0.25, -0.2) is 9.97 Å². The highest BCUT2D eigenvalue weighted by Crippen LogP contribution is 2.28. The number of halogens is 1. The van der Waals surface area contributed by atoms with Gasteiger partial charge in [-0.1, -0.05) is 22.0 Å². The molecule has 0 unspecified atom stereocenters. The number of nitrogens with zero attached hydrogens (tertiary/aromatic N) is 3. The van der Waals surface area contributed by atoms with Crippen molar-refractivity contribution in [3.8, 4) is 0 Å². The van der Waals surface area contributed by atoms with Gasteiger partial charge in [0.15, 0.2) is 0 Å². The monoisotopic (exact) mass is 462 g/mol. The van der Waals surface area contributed by atoms with Crippen LogP contribution in [0.2, 0.25) is 0 Å². The summed E-state index contributed by atoms with van der Waals surface area (Å²) < 4.78 is 0.835. The zero-order valence-electron chi connectivity index (χ0n) is 14.4. The molecule has 0 saturated carbocycles. The molecule has 0 aliphatic heterocycles. The van der Waals surface area contributed by atoms with E-state index in [2.05, 4.69) is 42.1 Å². The SMILES string of the molecule is O=C(NNc1ncnc(NCCc2cccs2)c1[N+](=O)[O-])c1ccc(Br)cc1. The standard InChI is InChI=1S/C17H15BrN6O3S/c18-12-5-3-11(4-6-12)17(25)23-22-16-14(24(26)27)15(20-10-21-16)19-8-7-13-2-1-9-28-13/h1-6,9-10H,7-8H2,(H,23,25)(H2,19,20,21,22). The highest BCUT2D eigenvalue weighted by Gasteiger charge is 2.23. The summed E-state index contributed by atoms with van der Waals surface area (Å²) >= 11 is 4.90. The van der Waals surface area contributed by atoms with E-state index in [0.717, 1.165) is 9.35 Å². The third-order valence-electron chi connectivity index (χ3n) is 3.65. The first kappa shape index (κ1) is 19.7. The summed E-state index contributed by atoms with van der Waals surface area (Å²) in [5.74, 6) is -0.478. The van der Waals surface area contributed by atoms with Crippen LogP contribution in [-0.2, 0) is 6.42 Å². The highest BCUT2D eigenvalue weighted by molar-refractivity contribution is 9.10. The molecule has 0 atom stereocenters. The second kappa shape index (κ2) is 9.24. The second-order valence-electron chi connectivity index (χ2n) is 5.52. The Balaban J connectivity index is 1.68. The minimum Gasteiger partial charge on any atom is -0.364 e. The predicted molar refractivity (Wildman–Crippen MR) is 110 cm³/mol. The van der Waals surface area contributed by atoms with Crippen molar-refractivity contribution in [2.75, 3.05) is 17.3 Å². The van der Waals surface area contributed by atoms with Gasteiger partial charge in [-0.05, 0) is 42.1 Å². The average Bonchev–Trinajstić information content (AvgIpc) is 3.20. The number of benzene rings is 1. The third-order valence-corrected chi connectivity index (χ3v) is 5.11. The largest absolute Gasteiger partial charge is 0.364 e. The van der Waals surface area contributed by atoms with Gasteiger partial charge in [-0.2, -0.15) is 0 Å². The molecule has 3 N–H and O–H groups in total. The van der Waals surface area contributed by atoms with Crippen LogP contribution in [0.4, 0.5) is 17.3 Å². The van der Waals surface area contributed by atoms with Gasteiger partial charge in [0.1, 0.15) is 6.33 Å². The topological polar surface area (TPSA) is 122 Å². The van der Waals surface area contributed by atoms with Crippen LogP contribution >= 0.6 is 27.3 Å². The molecular weight excluding hydrogens is 448 g/mol. The van der Waals surface area contributed by atoms with Crippen molar-refractivity contribution >= 4 is 50.5 Å². The number of anilines is 2. The van der Waals surface area contributed by atoms with Gasteiger partial charge in [-0.3, -0.25) is 25.8 Å². The van der Waals surface area contributed by atoms with Crippen LogP contribution in [0, 0.1) is 10.1 Å². The van der Waals surface area contributed by atoms with Crippen molar-refractivity contribution in [3.05, 3.63) is 73.1 Å². The molecule has 0 fully saturated rings. The molecule has 0 saturated heterocycles. The Bertz CT molecular complexity index is 966. The number of hydrazine groups is 1. The summed E-state index contributed by atoms with van der Waals surface area (Å²) in [5.41, 5.74) is 4.97. The number of hydrogen-bond donors (Lipinski definition) is 3. The fourth-order valence-corrected chi connectivity index (χ4v) is 3.29. The lowest BCUT2D eigenvalue weighted by Crippen LogP contribution is -2.30. The van der Waals surface area contributed by atoms with Gasteiger partial charge >= 0.3 is 5.69 Å². The fraction of sp³-hybridized carbons (Fsp3) is 0.118. The number of amides is 1. The summed E-state index contributed by atoms with van der Waals surface area (Å²) in [6.45, 7) is 0.475.